The SMILES string of the molecule is C.CCC.O.O.O.O.O=O.O=O.OO.[Fe+2].[Fe+3].[Fe+3].[H+].[H+].[H+].[OH-].[OH3+]. The fraction of sp³-hybridized carbons (Fsp3) is 1.00. The zero-order valence-corrected chi connectivity index (χ0v) is 12.6. The molecule has 0 saturated heterocycles. The second-order valence-electron chi connectivity index (χ2n) is 0.707. The quantitative estimate of drug-likeness (QED) is 0.188. The minimum atomic E-state index is 0. The zero-order valence-electron chi connectivity index (χ0n) is 12.3. The third kappa shape index (κ3) is 25900. The molecule has 0 heterocycles. The van der Waals surface area contributed by atoms with Gasteiger partial charge in [0.15, 0.2) is 0 Å². The largest absolute Gasteiger partial charge is 3.00 e. The van der Waals surface area contributed by atoms with Gasteiger partial charge in [-0.3, -0.25) is 10.5 Å². The van der Waals surface area contributed by atoms with Crippen LogP contribution in [0.15, 0.2) is 0 Å². The van der Waals surface area contributed by atoms with E-state index < -0.39 is 0 Å². The Morgan fingerprint density at radius 2 is 0.789 bits per heavy atom. The molecule has 0 bridgehead atoms. The Morgan fingerprint density at radius 1 is 0.789 bits per heavy atom. The van der Waals surface area contributed by atoms with E-state index >= 15 is 0 Å². The molecule has 0 amide bonds. The van der Waals surface area contributed by atoms with Crippen molar-refractivity contribution in [3.05, 3.63) is 19.9 Å². The number of hydrogen-bond acceptors (Lipinski definition) is 7. The molecule has 12 nitrogen and oxygen atoms in total. The molecule has 0 atom stereocenters. The molecule has 19 heavy (non-hydrogen) atoms. The van der Waals surface area contributed by atoms with Crippen molar-refractivity contribution in [1.29, 1.82) is 0 Å². The molecule has 14 N–H and O–H groups in total. The Hall–Kier alpha value is 0.438. The van der Waals surface area contributed by atoms with Crippen molar-refractivity contribution in [2.75, 3.05) is 0 Å². The van der Waals surface area contributed by atoms with Crippen molar-refractivity contribution < 1.29 is 98.9 Å². The van der Waals surface area contributed by atoms with Gasteiger partial charge in [-0.25, -0.2) is 0 Å². The molecule has 0 aliphatic heterocycles. The third-order valence-corrected chi connectivity index (χ3v) is 0. The Kier molecular flexibility index (Phi) is 31900. The molecule has 15 heteroatoms. The Bertz CT molecular complexity index is 45.1. The zero-order chi connectivity index (χ0) is 8.71. The summed E-state index contributed by atoms with van der Waals surface area (Å²) in [5.41, 5.74) is 0. The van der Waals surface area contributed by atoms with Gasteiger partial charge in [0, 0.05) is 19.9 Å². The second-order valence-corrected chi connectivity index (χ2v) is 0.707. The maximum Gasteiger partial charge on any atom is 3.00 e. The summed E-state index contributed by atoms with van der Waals surface area (Å²) in [6.45, 7) is 4.25. The van der Waals surface area contributed by atoms with Gasteiger partial charge in [-0.1, -0.05) is 27.7 Å². The van der Waals surface area contributed by atoms with Gasteiger partial charge in [-0.2, -0.15) is 0 Å². The summed E-state index contributed by atoms with van der Waals surface area (Å²) in [6, 6.07) is 0. The normalized spacial score (nSPS) is 1.68. The predicted molar refractivity (Wildman–Crippen MR) is 66.0 cm³/mol. The van der Waals surface area contributed by atoms with Crippen molar-refractivity contribution in [3.8, 4) is 0 Å². The molecular weight excluding hydrogens is 408 g/mol. The van der Waals surface area contributed by atoms with Gasteiger partial charge in [0.25, 0.3) is 0 Å². The van der Waals surface area contributed by atoms with E-state index in [1.807, 2.05) is 0 Å². The van der Waals surface area contributed by atoms with Gasteiger partial charge in [-0.15, -0.1) is 0 Å². The maximum absolute atomic E-state index is 7.00. The van der Waals surface area contributed by atoms with Crippen LogP contribution in [-0.4, -0.2) is 37.9 Å². The molecular formula is C4H29Fe3O12+11. The maximum atomic E-state index is 7.00. The number of hydrogen-bond donors (Lipinski definition) is 2. The Balaban J connectivity index is -0.000000000851. The van der Waals surface area contributed by atoms with Crippen molar-refractivity contribution in [2.24, 2.45) is 0 Å². The summed E-state index contributed by atoms with van der Waals surface area (Å²) in [5.74, 6) is 0. The van der Waals surface area contributed by atoms with Gasteiger partial charge < -0.3 is 32.9 Å². The van der Waals surface area contributed by atoms with Crippen LogP contribution in [0.4, 0.5) is 0 Å². The molecule has 2 radical (unpaired) electrons. The van der Waals surface area contributed by atoms with Gasteiger partial charge in [0.2, 0.25) is 0 Å². The molecule has 0 aromatic heterocycles. The Labute approximate surface area is 146 Å². The summed E-state index contributed by atoms with van der Waals surface area (Å²) in [4.78, 5) is 28.0. The molecule has 130 valence electrons. The molecule has 0 spiro atoms. The fourth-order valence-electron chi connectivity index (χ4n) is 0. The van der Waals surface area contributed by atoms with E-state index in [-0.39, 0.29) is 95.8 Å². The van der Waals surface area contributed by atoms with Gasteiger partial charge in [0.1, 0.15) is 0 Å². The third-order valence-electron chi connectivity index (χ3n) is 0. The van der Waals surface area contributed by atoms with Crippen LogP contribution in [0.1, 0.15) is 32.0 Å². The average Bonchev–Trinajstić information content (AvgIpc) is 2.01. The first-order chi connectivity index (χ1) is 4.41. The van der Waals surface area contributed by atoms with E-state index in [0.29, 0.717) is 0 Å². The van der Waals surface area contributed by atoms with Crippen molar-refractivity contribution in [1.82, 2.24) is 0 Å². The number of rotatable bonds is 0. The summed E-state index contributed by atoms with van der Waals surface area (Å²) in [6.07, 6.45) is 1.25. The van der Waals surface area contributed by atoms with Crippen LogP contribution in [-0.2, 0) is 56.7 Å². The minimum Gasteiger partial charge on any atom is -0.870 e. The standard InChI is InChI=1S/C3H8.CH4.3Fe.H2O2.2O2.6H2O/c1-3-2;;;;;3*1-2;;;;;;/h3H2,1-2H3;1H4;;;;1-2H;;;6*1H2/q;;+2;2*+3;;;;;;;;;/p+3. The summed E-state index contributed by atoms with van der Waals surface area (Å²) >= 11 is 0. The average molecular weight is 437 g/mol. The monoisotopic (exact) mass is 437 g/mol. The molecule has 0 aromatic rings. The van der Waals surface area contributed by atoms with Crippen LogP contribution < -0.4 is 0 Å². The first-order valence-corrected chi connectivity index (χ1v) is 1.95. The van der Waals surface area contributed by atoms with E-state index in [1.54, 1.807) is 0 Å². The predicted octanol–water partition coefficient (Wildman–Crippen LogP) is -1.86. The summed E-state index contributed by atoms with van der Waals surface area (Å²) in [5, 5.41) is 12.0. The van der Waals surface area contributed by atoms with E-state index in [2.05, 4.69) is 13.8 Å². The van der Waals surface area contributed by atoms with Crippen LogP contribution in [0.5, 0.6) is 0 Å². The van der Waals surface area contributed by atoms with Crippen LogP contribution in [0.25, 0.3) is 0 Å². The summed E-state index contributed by atoms with van der Waals surface area (Å²) < 4.78 is 0. The minimum absolute atomic E-state index is 0. The Morgan fingerprint density at radius 3 is 0.789 bits per heavy atom. The van der Waals surface area contributed by atoms with Crippen molar-refractivity contribution in [3.63, 3.8) is 0 Å². The van der Waals surface area contributed by atoms with E-state index in [4.69, 9.17) is 30.4 Å². The fourth-order valence-corrected chi connectivity index (χ4v) is 0. The molecule has 0 unspecified atom stereocenters. The van der Waals surface area contributed by atoms with Crippen molar-refractivity contribution in [2.45, 2.75) is 27.7 Å². The van der Waals surface area contributed by atoms with Crippen LogP contribution in [0, 0.1) is 19.9 Å². The molecule has 0 aromatic carbocycles. The molecule has 0 aliphatic rings. The first kappa shape index (κ1) is 223. The van der Waals surface area contributed by atoms with E-state index in [0.717, 1.165) is 0 Å². The van der Waals surface area contributed by atoms with E-state index in [1.165, 1.54) is 6.42 Å². The van der Waals surface area contributed by atoms with Gasteiger partial charge in [0.05, 0.1) is 0 Å². The summed E-state index contributed by atoms with van der Waals surface area (Å²) in [7, 11) is 0. The second kappa shape index (κ2) is 2710. The molecule has 0 aliphatic carbocycles. The van der Waals surface area contributed by atoms with Gasteiger partial charge in [-0.05, 0) is 0 Å². The molecule has 0 rings (SSSR count). The van der Waals surface area contributed by atoms with Crippen LogP contribution in [0.3, 0.4) is 0 Å². The topological polar surface area (TPSA) is 298 Å². The van der Waals surface area contributed by atoms with E-state index in [9.17, 15) is 0 Å². The molecule has 0 fully saturated rings. The molecule has 0 saturated carbocycles. The smallest absolute Gasteiger partial charge is 0.870 e. The van der Waals surface area contributed by atoms with Crippen LogP contribution >= 0.6 is 0 Å². The first-order valence-electron chi connectivity index (χ1n) is 1.95. The van der Waals surface area contributed by atoms with Crippen LogP contribution in [0.2, 0.25) is 0 Å². The van der Waals surface area contributed by atoms with Crippen molar-refractivity contribution >= 4 is 0 Å². The van der Waals surface area contributed by atoms with Gasteiger partial charge >= 0.3 is 55.5 Å².